The highest BCUT2D eigenvalue weighted by atomic mass is 16.5. The van der Waals surface area contributed by atoms with Gasteiger partial charge in [-0.2, -0.15) is 0 Å². The van der Waals surface area contributed by atoms with Crippen LogP contribution in [0.5, 0.6) is 0 Å². The summed E-state index contributed by atoms with van der Waals surface area (Å²) in [4.78, 5) is 14.0. The Balaban J connectivity index is 1.94. The summed E-state index contributed by atoms with van der Waals surface area (Å²) in [5.74, 6) is 0.113. The van der Waals surface area contributed by atoms with E-state index in [0.29, 0.717) is 26.2 Å². The maximum Gasteiger partial charge on any atom is 0.224 e. The van der Waals surface area contributed by atoms with Gasteiger partial charge in [0.05, 0.1) is 19.3 Å². The lowest BCUT2D eigenvalue weighted by Gasteiger charge is -2.34. The molecule has 98 valence electrons. The predicted molar refractivity (Wildman–Crippen MR) is 70.0 cm³/mol. The van der Waals surface area contributed by atoms with Crippen LogP contribution in [-0.4, -0.2) is 36.6 Å². The van der Waals surface area contributed by atoms with Crippen molar-refractivity contribution in [1.29, 1.82) is 0 Å². The fourth-order valence-electron chi connectivity index (χ4n) is 2.22. The molecule has 1 aliphatic rings. The first-order valence-electron chi connectivity index (χ1n) is 6.36. The summed E-state index contributed by atoms with van der Waals surface area (Å²) < 4.78 is 5.33. The lowest BCUT2D eigenvalue weighted by atomic mass is 10.0. The van der Waals surface area contributed by atoms with Crippen LogP contribution < -0.4 is 5.73 Å². The van der Waals surface area contributed by atoms with E-state index in [4.69, 9.17) is 10.5 Å². The molecule has 0 aliphatic carbocycles. The molecule has 0 radical (unpaired) electrons. The highest BCUT2D eigenvalue weighted by Crippen LogP contribution is 2.16. The van der Waals surface area contributed by atoms with Crippen LogP contribution in [0.3, 0.4) is 0 Å². The number of nitrogens with zero attached hydrogens (tertiary/aromatic N) is 1. The molecule has 0 bridgehead atoms. The molecule has 2 N–H and O–H groups in total. The molecule has 1 heterocycles. The third-order valence-electron chi connectivity index (χ3n) is 3.31. The fraction of sp³-hybridized carbons (Fsp3) is 0.500. The minimum Gasteiger partial charge on any atom is -0.377 e. The minimum atomic E-state index is -0.228. The van der Waals surface area contributed by atoms with Gasteiger partial charge in [-0.15, -0.1) is 0 Å². The smallest absolute Gasteiger partial charge is 0.224 e. The Kier molecular flexibility index (Phi) is 4.33. The number of ether oxygens (including phenoxy) is 1. The second kappa shape index (κ2) is 5.98. The van der Waals surface area contributed by atoms with E-state index in [1.165, 1.54) is 0 Å². The van der Waals surface area contributed by atoms with Crippen molar-refractivity contribution in [1.82, 2.24) is 4.90 Å². The maximum absolute atomic E-state index is 12.2. The molecule has 1 aromatic rings. The number of hydrogen-bond acceptors (Lipinski definition) is 3. The molecule has 0 spiro atoms. The molecule has 4 nitrogen and oxygen atoms in total. The van der Waals surface area contributed by atoms with E-state index in [2.05, 4.69) is 0 Å². The Morgan fingerprint density at radius 2 is 2.22 bits per heavy atom. The van der Waals surface area contributed by atoms with Crippen LogP contribution in [0.1, 0.15) is 24.9 Å². The molecule has 2 atom stereocenters. The molecule has 1 fully saturated rings. The van der Waals surface area contributed by atoms with Gasteiger partial charge < -0.3 is 15.4 Å². The SMILES string of the molecule is C[C@H]1COCCN1C(=O)C[C@H](N)c1ccccc1. The van der Waals surface area contributed by atoms with Crippen molar-refractivity contribution < 1.29 is 9.53 Å². The normalized spacial score (nSPS) is 21.7. The summed E-state index contributed by atoms with van der Waals surface area (Å²) in [5, 5.41) is 0. The molecule has 1 amide bonds. The second-order valence-electron chi connectivity index (χ2n) is 4.73. The number of rotatable bonds is 3. The molecule has 18 heavy (non-hydrogen) atoms. The van der Waals surface area contributed by atoms with E-state index in [-0.39, 0.29) is 18.0 Å². The van der Waals surface area contributed by atoms with Crippen molar-refractivity contribution in [3.8, 4) is 0 Å². The number of hydrogen-bond donors (Lipinski definition) is 1. The average molecular weight is 248 g/mol. The molecule has 2 rings (SSSR count). The Morgan fingerprint density at radius 3 is 2.89 bits per heavy atom. The molecular weight excluding hydrogens is 228 g/mol. The van der Waals surface area contributed by atoms with E-state index < -0.39 is 0 Å². The van der Waals surface area contributed by atoms with Gasteiger partial charge in [-0.1, -0.05) is 30.3 Å². The molecule has 0 unspecified atom stereocenters. The summed E-state index contributed by atoms with van der Waals surface area (Å²) in [6.07, 6.45) is 0.356. The van der Waals surface area contributed by atoms with E-state index in [0.717, 1.165) is 5.56 Å². The Bertz CT molecular complexity index is 394. The van der Waals surface area contributed by atoms with Gasteiger partial charge in [0.25, 0.3) is 0 Å². The quantitative estimate of drug-likeness (QED) is 0.878. The first kappa shape index (κ1) is 13.1. The number of carbonyl (C=O) groups is 1. The summed E-state index contributed by atoms with van der Waals surface area (Å²) in [6.45, 7) is 3.91. The third kappa shape index (κ3) is 3.09. The highest BCUT2D eigenvalue weighted by molar-refractivity contribution is 5.77. The summed E-state index contributed by atoms with van der Waals surface area (Å²) >= 11 is 0. The van der Waals surface area contributed by atoms with Crippen LogP contribution in [0.15, 0.2) is 30.3 Å². The van der Waals surface area contributed by atoms with Gasteiger partial charge in [-0.3, -0.25) is 4.79 Å². The molecule has 1 aromatic carbocycles. The van der Waals surface area contributed by atoms with Gasteiger partial charge in [0.1, 0.15) is 0 Å². The fourth-order valence-corrected chi connectivity index (χ4v) is 2.22. The van der Waals surface area contributed by atoms with Gasteiger partial charge in [0.15, 0.2) is 0 Å². The largest absolute Gasteiger partial charge is 0.377 e. The topological polar surface area (TPSA) is 55.6 Å². The van der Waals surface area contributed by atoms with Crippen LogP contribution in [0.2, 0.25) is 0 Å². The molecule has 0 aromatic heterocycles. The number of benzene rings is 1. The molecule has 0 saturated carbocycles. The van der Waals surface area contributed by atoms with Crippen LogP contribution >= 0.6 is 0 Å². The maximum atomic E-state index is 12.2. The third-order valence-corrected chi connectivity index (χ3v) is 3.31. The van der Waals surface area contributed by atoms with Crippen molar-refractivity contribution in [3.63, 3.8) is 0 Å². The lowest BCUT2D eigenvalue weighted by molar-refractivity contribution is -0.139. The van der Waals surface area contributed by atoms with Crippen molar-refractivity contribution in [2.24, 2.45) is 5.73 Å². The zero-order valence-corrected chi connectivity index (χ0v) is 10.7. The van der Waals surface area contributed by atoms with E-state index in [1.807, 2.05) is 42.2 Å². The molecule has 4 heteroatoms. The monoisotopic (exact) mass is 248 g/mol. The zero-order valence-electron chi connectivity index (χ0n) is 10.7. The Morgan fingerprint density at radius 1 is 1.50 bits per heavy atom. The van der Waals surface area contributed by atoms with E-state index in [1.54, 1.807) is 0 Å². The van der Waals surface area contributed by atoms with Crippen LogP contribution in [0.4, 0.5) is 0 Å². The summed E-state index contributed by atoms with van der Waals surface area (Å²) in [6, 6.07) is 9.67. The lowest BCUT2D eigenvalue weighted by Crippen LogP contribution is -2.47. The summed E-state index contributed by atoms with van der Waals surface area (Å²) in [5.41, 5.74) is 7.08. The standard InChI is InChI=1S/C14H20N2O2/c1-11-10-18-8-7-16(11)14(17)9-13(15)12-5-3-2-4-6-12/h2-6,11,13H,7-10,15H2,1H3/t11-,13-/m0/s1. The van der Waals surface area contributed by atoms with Gasteiger partial charge in [0.2, 0.25) is 5.91 Å². The number of nitrogens with two attached hydrogens (primary N) is 1. The number of amides is 1. The minimum absolute atomic E-state index is 0.113. The first-order chi connectivity index (χ1) is 8.68. The van der Waals surface area contributed by atoms with E-state index in [9.17, 15) is 4.79 Å². The van der Waals surface area contributed by atoms with Crippen molar-refractivity contribution in [2.75, 3.05) is 19.8 Å². The van der Waals surface area contributed by atoms with Crippen LogP contribution in [0.25, 0.3) is 0 Å². The van der Waals surface area contributed by atoms with E-state index >= 15 is 0 Å². The van der Waals surface area contributed by atoms with Crippen molar-refractivity contribution in [3.05, 3.63) is 35.9 Å². The van der Waals surface area contributed by atoms with Crippen molar-refractivity contribution in [2.45, 2.75) is 25.4 Å². The highest BCUT2D eigenvalue weighted by Gasteiger charge is 2.25. The summed E-state index contributed by atoms with van der Waals surface area (Å²) in [7, 11) is 0. The number of morpholine rings is 1. The predicted octanol–water partition coefficient (Wildman–Crippen LogP) is 1.32. The first-order valence-corrected chi connectivity index (χ1v) is 6.36. The van der Waals surface area contributed by atoms with Crippen LogP contribution in [0, 0.1) is 0 Å². The molecule has 1 aliphatic heterocycles. The van der Waals surface area contributed by atoms with Crippen molar-refractivity contribution >= 4 is 5.91 Å². The molecular formula is C14H20N2O2. The average Bonchev–Trinajstić information content (AvgIpc) is 2.40. The van der Waals surface area contributed by atoms with Gasteiger partial charge in [-0.25, -0.2) is 0 Å². The second-order valence-corrected chi connectivity index (χ2v) is 4.73. The molecule has 1 saturated heterocycles. The number of carbonyl (C=O) groups excluding carboxylic acids is 1. The Hall–Kier alpha value is -1.39. The van der Waals surface area contributed by atoms with Gasteiger partial charge in [-0.05, 0) is 12.5 Å². The van der Waals surface area contributed by atoms with Crippen LogP contribution in [-0.2, 0) is 9.53 Å². The Labute approximate surface area is 108 Å². The van der Waals surface area contributed by atoms with Gasteiger partial charge >= 0.3 is 0 Å². The zero-order chi connectivity index (χ0) is 13.0. The van der Waals surface area contributed by atoms with Gasteiger partial charge in [0, 0.05) is 19.0 Å².